The van der Waals surface area contributed by atoms with Gasteiger partial charge >= 0.3 is 0 Å². The molecule has 0 spiro atoms. The van der Waals surface area contributed by atoms with Gasteiger partial charge in [0.15, 0.2) is 10.9 Å². The fraction of sp³-hybridized carbons (Fsp3) is 0.304. The highest BCUT2D eigenvalue weighted by molar-refractivity contribution is 7.99. The molecular formula is C23H26N4O3S. The second-order valence-electron chi connectivity index (χ2n) is 6.96. The Hall–Kier alpha value is -3.13. The standard InChI is InChI=1S/C23H26N4O3S/c1-4-27-21(13-14-24-22(29)18-9-11-19(30-3)12-10-18)25-26-23(27)31-15-20(28)17-7-5-16(2)6-8-17/h5-12H,4,13-15H2,1-3H3,(H,24,29). The minimum Gasteiger partial charge on any atom is -0.497 e. The second kappa shape index (κ2) is 10.8. The van der Waals surface area contributed by atoms with E-state index >= 15 is 0 Å². The van der Waals surface area contributed by atoms with Crippen LogP contribution < -0.4 is 10.1 Å². The summed E-state index contributed by atoms with van der Waals surface area (Å²) in [6.45, 7) is 5.13. The molecule has 1 aromatic heterocycles. The van der Waals surface area contributed by atoms with E-state index in [0.717, 1.165) is 11.4 Å². The molecule has 0 saturated carbocycles. The van der Waals surface area contributed by atoms with Gasteiger partial charge in [-0.25, -0.2) is 0 Å². The van der Waals surface area contributed by atoms with Crippen molar-refractivity contribution in [2.24, 2.45) is 0 Å². The molecule has 2 aromatic carbocycles. The van der Waals surface area contributed by atoms with Gasteiger partial charge in [0.25, 0.3) is 5.91 Å². The van der Waals surface area contributed by atoms with E-state index in [1.54, 1.807) is 31.4 Å². The van der Waals surface area contributed by atoms with Gasteiger partial charge in [-0.05, 0) is 38.1 Å². The van der Waals surface area contributed by atoms with Gasteiger partial charge in [-0.15, -0.1) is 10.2 Å². The number of Topliss-reactive ketones (excluding diaryl/α,β-unsaturated/α-hetero) is 1. The van der Waals surface area contributed by atoms with Crippen molar-refractivity contribution in [2.45, 2.75) is 32.0 Å². The van der Waals surface area contributed by atoms with Crippen LogP contribution in [0.3, 0.4) is 0 Å². The van der Waals surface area contributed by atoms with Crippen molar-refractivity contribution < 1.29 is 14.3 Å². The lowest BCUT2D eigenvalue weighted by atomic mass is 10.1. The number of aryl methyl sites for hydroxylation is 1. The Bertz CT molecular complexity index is 1030. The number of nitrogens with zero attached hydrogens (tertiary/aromatic N) is 3. The van der Waals surface area contributed by atoms with Gasteiger partial charge in [-0.3, -0.25) is 9.59 Å². The number of methoxy groups -OCH3 is 1. The van der Waals surface area contributed by atoms with E-state index in [0.29, 0.717) is 47.3 Å². The Morgan fingerprint density at radius 3 is 2.35 bits per heavy atom. The zero-order chi connectivity index (χ0) is 22.2. The largest absolute Gasteiger partial charge is 0.497 e. The van der Waals surface area contributed by atoms with E-state index in [-0.39, 0.29) is 11.7 Å². The van der Waals surface area contributed by atoms with Crippen molar-refractivity contribution in [3.63, 3.8) is 0 Å². The summed E-state index contributed by atoms with van der Waals surface area (Å²) < 4.78 is 7.09. The molecule has 0 aliphatic carbocycles. The van der Waals surface area contributed by atoms with Crippen molar-refractivity contribution in [3.05, 3.63) is 71.0 Å². The number of nitrogens with one attached hydrogen (secondary N) is 1. The third-order valence-corrected chi connectivity index (χ3v) is 5.77. The summed E-state index contributed by atoms with van der Waals surface area (Å²) in [7, 11) is 1.59. The second-order valence-corrected chi connectivity index (χ2v) is 7.90. The molecule has 0 aliphatic rings. The Balaban J connectivity index is 1.53. The first-order chi connectivity index (χ1) is 15.0. The maximum absolute atomic E-state index is 12.4. The molecule has 0 aliphatic heterocycles. The quantitative estimate of drug-likeness (QED) is 0.385. The maximum Gasteiger partial charge on any atom is 0.251 e. The molecule has 0 saturated heterocycles. The van der Waals surface area contributed by atoms with Crippen LogP contribution in [0.15, 0.2) is 53.7 Å². The molecule has 31 heavy (non-hydrogen) atoms. The van der Waals surface area contributed by atoms with Crippen molar-refractivity contribution in [1.82, 2.24) is 20.1 Å². The van der Waals surface area contributed by atoms with Crippen molar-refractivity contribution >= 4 is 23.5 Å². The fourth-order valence-corrected chi connectivity index (χ4v) is 3.93. The lowest BCUT2D eigenvalue weighted by Gasteiger charge is -2.08. The summed E-state index contributed by atoms with van der Waals surface area (Å²) in [5.41, 5.74) is 2.39. The first kappa shape index (κ1) is 22.6. The van der Waals surface area contributed by atoms with E-state index in [9.17, 15) is 9.59 Å². The van der Waals surface area contributed by atoms with Crippen LogP contribution in [0.25, 0.3) is 0 Å². The van der Waals surface area contributed by atoms with Gasteiger partial charge in [0.1, 0.15) is 11.6 Å². The molecule has 1 heterocycles. The SMILES string of the molecule is CCn1c(CCNC(=O)c2ccc(OC)cc2)nnc1SCC(=O)c1ccc(C)cc1. The molecule has 0 unspecified atom stereocenters. The van der Waals surface area contributed by atoms with Crippen molar-refractivity contribution in [2.75, 3.05) is 19.4 Å². The van der Waals surface area contributed by atoms with E-state index in [2.05, 4.69) is 15.5 Å². The number of ether oxygens (including phenoxy) is 1. The molecular weight excluding hydrogens is 412 g/mol. The highest BCUT2D eigenvalue weighted by Crippen LogP contribution is 2.19. The highest BCUT2D eigenvalue weighted by atomic mass is 32.2. The smallest absolute Gasteiger partial charge is 0.251 e. The predicted octanol–water partition coefficient (Wildman–Crippen LogP) is 3.56. The Morgan fingerprint density at radius 2 is 1.71 bits per heavy atom. The minimum atomic E-state index is -0.150. The Labute approximate surface area is 186 Å². The molecule has 0 fully saturated rings. The van der Waals surface area contributed by atoms with Crippen molar-refractivity contribution in [1.29, 1.82) is 0 Å². The summed E-state index contributed by atoms with van der Waals surface area (Å²) in [4.78, 5) is 24.7. The van der Waals surface area contributed by atoms with E-state index < -0.39 is 0 Å². The third-order valence-electron chi connectivity index (χ3n) is 4.80. The van der Waals surface area contributed by atoms with E-state index in [1.165, 1.54) is 11.8 Å². The topological polar surface area (TPSA) is 86.1 Å². The Morgan fingerprint density at radius 1 is 1.03 bits per heavy atom. The third kappa shape index (κ3) is 5.95. The molecule has 3 rings (SSSR count). The van der Waals surface area contributed by atoms with Crippen LogP contribution in [0.4, 0.5) is 0 Å². The molecule has 1 N–H and O–H groups in total. The molecule has 8 heteroatoms. The number of carbonyl (C=O) groups is 2. The van der Waals surface area contributed by atoms with Gasteiger partial charge < -0.3 is 14.6 Å². The van der Waals surface area contributed by atoms with E-state index in [1.807, 2.05) is 42.7 Å². The lowest BCUT2D eigenvalue weighted by Crippen LogP contribution is -2.26. The van der Waals surface area contributed by atoms with Crippen LogP contribution in [0.1, 0.15) is 39.0 Å². The number of thioether (sulfide) groups is 1. The van der Waals surface area contributed by atoms with Crippen LogP contribution in [0.2, 0.25) is 0 Å². The highest BCUT2D eigenvalue weighted by Gasteiger charge is 2.14. The zero-order valence-electron chi connectivity index (χ0n) is 17.9. The number of aromatic nitrogens is 3. The van der Waals surface area contributed by atoms with Crippen LogP contribution in [0.5, 0.6) is 5.75 Å². The van der Waals surface area contributed by atoms with Crippen LogP contribution in [-0.4, -0.2) is 45.9 Å². The van der Waals surface area contributed by atoms with Crippen LogP contribution >= 0.6 is 11.8 Å². The van der Waals surface area contributed by atoms with Crippen LogP contribution in [-0.2, 0) is 13.0 Å². The fourth-order valence-electron chi connectivity index (χ4n) is 3.01. The van der Waals surface area contributed by atoms with Gasteiger partial charge in [-0.2, -0.15) is 0 Å². The number of amides is 1. The summed E-state index contributed by atoms with van der Waals surface area (Å²) in [5, 5.41) is 12.1. The van der Waals surface area contributed by atoms with Gasteiger partial charge in [0.2, 0.25) is 0 Å². The summed E-state index contributed by atoms with van der Waals surface area (Å²) in [5.74, 6) is 1.70. The van der Waals surface area contributed by atoms with Gasteiger partial charge in [-0.1, -0.05) is 41.6 Å². The molecule has 7 nitrogen and oxygen atoms in total. The first-order valence-corrected chi connectivity index (χ1v) is 11.1. The number of rotatable bonds is 10. The van der Waals surface area contributed by atoms with Crippen molar-refractivity contribution in [3.8, 4) is 5.75 Å². The number of carbonyl (C=O) groups excluding carboxylic acids is 2. The minimum absolute atomic E-state index is 0.0592. The molecule has 3 aromatic rings. The molecule has 0 radical (unpaired) electrons. The number of ketones is 1. The lowest BCUT2D eigenvalue weighted by molar-refractivity contribution is 0.0952. The Kier molecular flexibility index (Phi) is 7.83. The maximum atomic E-state index is 12.4. The van der Waals surface area contributed by atoms with Gasteiger partial charge in [0.05, 0.1) is 12.9 Å². The number of hydrogen-bond acceptors (Lipinski definition) is 6. The zero-order valence-corrected chi connectivity index (χ0v) is 18.7. The summed E-state index contributed by atoms with van der Waals surface area (Å²) in [6, 6.07) is 14.5. The number of hydrogen-bond donors (Lipinski definition) is 1. The predicted molar refractivity (Wildman–Crippen MR) is 121 cm³/mol. The first-order valence-electron chi connectivity index (χ1n) is 10.1. The molecule has 1 amide bonds. The average Bonchev–Trinajstić information content (AvgIpc) is 3.19. The monoisotopic (exact) mass is 438 g/mol. The summed E-state index contributed by atoms with van der Waals surface area (Å²) in [6.07, 6.45) is 0.551. The average molecular weight is 439 g/mol. The van der Waals surface area contributed by atoms with E-state index in [4.69, 9.17) is 4.74 Å². The summed E-state index contributed by atoms with van der Waals surface area (Å²) >= 11 is 1.38. The van der Waals surface area contributed by atoms with Gasteiger partial charge in [0, 0.05) is 30.6 Å². The number of benzene rings is 2. The molecule has 162 valence electrons. The normalized spacial score (nSPS) is 10.7. The molecule has 0 atom stereocenters. The molecule has 0 bridgehead atoms. The van der Waals surface area contributed by atoms with Crippen LogP contribution in [0, 0.1) is 6.92 Å².